The van der Waals surface area contributed by atoms with Gasteiger partial charge in [0.25, 0.3) is 0 Å². The summed E-state index contributed by atoms with van der Waals surface area (Å²) in [4.78, 5) is 0. The van der Waals surface area contributed by atoms with Gasteiger partial charge in [-0.1, -0.05) is 0 Å². The molecule has 0 aliphatic carbocycles. The smallest absolute Gasteiger partial charge is 0.143 e. The van der Waals surface area contributed by atoms with Crippen molar-refractivity contribution >= 4 is 7.85 Å². The molecule has 2 aliphatic heterocycles. The molecule has 0 aromatic heterocycles. The van der Waals surface area contributed by atoms with Gasteiger partial charge in [0.2, 0.25) is 0 Å². The monoisotopic (exact) mass is 184 g/mol. The molecule has 0 aromatic carbocycles. The summed E-state index contributed by atoms with van der Waals surface area (Å²) in [6, 6.07) is -0.395. The van der Waals surface area contributed by atoms with E-state index in [0.717, 1.165) is 0 Å². The zero-order valence-corrected chi connectivity index (χ0v) is 7.86. The summed E-state index contributed by atoms with van der Waals surface area (Å²) in [7, 11) is 8.98. The minimum atomic E-state index is -0.492. The first-order chi connectivity index (χ1) is 6.23. The topological polar surface area (TPSA) is 36.9 Å². The highest BCUT2D eigenvalue weighted by Crippen LogP contribution is 2.40. The number of hydrogen-bond acceptors (Lipinski definition) is 4. The predicted octanol–water partition coefficient (Wildman–Crippen LogP) is -0.690. The highest BCUT2D eigenvalue weighted by Gasteiger charge is 2.60. The lowest BCUT2D eigenvalue weighted by Crippen LogP contribution is -2.45. The van der Waals surface area contributed by atoms with Crippen molar-refractivity contribution in [2.24, 2.45) is 0 Å². The summed E-state index contributed by atoms with van der Waals surface area (Å²) in [5, 5.41) is 0. The molecule has 72 valence electrons. The van der Waals surface area contributed by atoms with E-state index < -0.39 is 11.6 Å². The predicted molar refractivity (Wildman–Crippen MR) is 45.8 cm³/mol. The van der Waals surface area contributed by atoms with E-state index in [1.54, 1.807) is 14.2 Å². The number of rotatable bonds is 3. The molecule has 1 unspecified atom stereocenters. The van der Waals surface area contributed by atoms with Crippen molar-refractivity contribution in [3.05, 3.63) is 0 Å². The summed E-state index contributed by atoms with van der Waals surface area (Å²) >= 11 is 0. The standard InChI is InChI=1S/C8H13BO4/c1-10-3-8-4-12-5(6(8)11-2)7(9)13-8/h5-7H,3-4H2,1-2H3/t5-,6?,7-,8+/m1/s1. The Hall–Kier alpha value is -0.0951. The van der Waals surface area contributed by atoms with Gasteiger partial charge in [0.05, 0.1) is 13.2 Å². The Bertz CT molecular complexity index is 201. The highest BCUT2D eigenvalue weighted by molar-refractivity contribution is 6.11. The van der Waals surface area contributed by atoms with E-state index in [9.17, 15) is 0 Å². The fourth-order valence-corrected chi connectivity index (χ4v) is 2.16. The van der Waals surface area contributed by atoms with Crippen molar-refractivity contribution in [1.82, 2.24) is 0 Å². The SMILES string of the molecule is [B][C@@H]1O[C@@]2(COC)CO[C@@H]1C2OC. The Morgan fingerprint density at radius 3 is 2.85 bits per heavy atom. The molecule has 2 saturated heterocycles. The molecule has 5 heteroatoms. The van der Waals surface area contributed by atoms with Crippen molar-refractivity contribution in [2.75, 3.05) is 27.4 Å². The van der Waals surface area contributed by atoms with Crippen LogP contribution in [0.3, 0.4) is 0 Å². The van der Waals surface area contributed by atoms with Gasteiger partial charge in [-0.3, -0.25) is 0 Å². The lowest BCUT2D eigenvalue weighted by molar-refractivity contribution is -0.144. The van der Waals surface area contributed by atoms with E-state index in [1.165, 1.54) is 0 Å². The van der Waals surface area contributed by atoms with Gasteiger partial charge >= 0.3 is 0 Å². The number of fused-ring (bicyclic) bond motifs is 2. The van der Waals surface area contributed by atoms with Crippen molar-refractivity contribution in [1.29, 1.82) is 0 Å². The lowest BCUT2D eigenvalue weighted by Gasteiger charge is -2.29. The summed E-state index contributed by atoms with van der Waals surface area (Å²) in [6.07, 6.45) is -0.261. The third kappa shape index (κ3) is 1.22. The molecule has 4 nitrogen and oxygen atoms in total. The van der Waals surface area contributed by atoms with E-state index in [0.29, 0.717) is 13.2 Å². The summed E-state index contributed by atoms with van der Waals surface area (Å²) in [5.74, 6) is 0. The Morgan fingerprint density at radius 2 is 2.31 bits per heavy atom. The zero-order valence-electron chi connectivity index (χ0n) is 7.86. The van der Waals surface area contributed by atoms with Crippen LogP contribution in [0.5, 0.6) is 0 Å². The maximum atomic E-state index is 5.72. The minimum Gasteiger partial charge on any atom is -0.381 e. The second kappa shape index (κ2) is 3.24. The molecule has 0 N–H and O–H groups in total. The maximum absolute atomic E-state index is 5.72. The van der Waals surface area contributed by atoms with Crippen LogP contribution in [0.4, 0.5) is 0 Å². The van der Waals surface area contributed by atoms with E-state index in [-0.39, 0.29) is 12.2 Å². The van der Waals surface area contributed by atoms with Crippen molar-refractivity contribution < 1.29 is 18.9 Å². The van der Waals surface area contributed by atoms with Crippen LogP contribution in [0.2, 0.25) is 0 Å². The third-order valence-corrected chi connectivity index (χ3v) is 2.67. The van der Waals surface area contributed by atoms with Crippen LogP contribution in [-0.2, 0) is 18.9 Å². The molecule has 0 amide bonds. The van der Waals surface area contributed by atoms with Gasteiger partial charge in [-0.2, -0.15) is 0 Å². The second-order valence-electron chi connectivity index (χ2n) is 3.51. The molecule has 0 aromatic rings. The molecule has 0 saturated carbocycles. The number of methoxy groups -OCH3 is 2. The van der Waals surface area contributed by atoms with Crippen molar-refractivity contribution in [3.63, 3.8) is 0 Å². The Balaban J connectivity index is 2.17. The molecular weight excluding hydrogens is 171 g/mol. The summed E-state index contributed by atoms with van der Waals surface area (Å²) in [5.41, 5.74) is -0.492. The van der Waals surface area contributed by atoms with Crippen LogP contribution in [0.25, 0.3) is 0 Å². The third-order valence-electron chi connectivity index (χ3n) is 2.67. The van der Waals surface area contributed by atoms with E-state index in [4.69, 9.17) is 26.8 Å². The highest BCUT2D eigenvalue weighted by atomic mass is 16.7. The first-order valence-electron chi connectivity index (χ1n) is 4.30. The van der Waals surface area contributed by atoms with Gasteiger partial charge < -0.3 is 18.9 Å². The Labute approximate surface area is 78.9 Å². The Kier molecular flexibility index (Phi) is 2.36. The summed E-state index contributed by atoms with van der Waals surface area (Å²) in [6.45, 7) is 0.952. The van der Waals surface area contributed by atoms with Crippen LogP contribution in [0.15, 0.2) is 0 Å². The molecule has 2 radical (unpaired) electrons. The molecule has 2 aliphatic rings. The quantitative estimate of drug-likeness (QED) is 0.544. The van der Waals surface area contributed by atoms with Crippen molar-refractivity contribution in [2.45, 2.75) is 23.8 Å². The van der Waals surface area contributed by atoms with Crippen LogP contribution in [0.1, 0.15) is 0 Å². The first kappa shape index (κ1) is 9.46. The van der Waals surface area contributed by atoms with E-state index >= 15 is 0 Å². The van der Waals surface area contributed by atoms with Gasteiger partial charge in [0.1, 0.15) is 25.7 Å². The van der Waals surface area contributed by atoms with E-state index in [1.807, 2.05) is 0 Å². The Morgan fingerprint density at radius 1 is 1.54 bits per heavy atom. The van der Waals surface area contributed by atoms with Crippen LogP contribution >= 0.6 is 0 Å². The molecule has 4 atom stereocenters. The molecule has 13 heavy (non-hydrogen) atoms. The fraction of sp³-hybridized carbons (Fsp3) is 1.00. The average molecular weight is 184 g/mol. The fourth-order valence-electron chi connectivity index (χ4n) is 2.16. The lowest BCUT2D eigenvalue weighted by atomic mass is 9.92. The zero-order chi connectivity index (χ0) is 9.47. The second-order valence-corrected chi connectivity index (χ2v) is 3.51. The summed E-state index contributed by atoms with van der Waals surface area (Å²) < 4.78 is 21.5. The van der Waals surface area contributed by atoms with Gasteiger partial charge in [-0.25, -0.2) is 0 Å². The average Bonchev–Trinajstić information content (AvgIpc) is 2.55. The van der Waals surface area contributed by atoms with Gasteiger partial charge in [0.15, 0.2) is 0 Å². The molecule has 2 bridgehead atoms. The molecule has 0 spiro atoms. The minimum absolute atomic E-state index is 0.109. The number of hydrogen-bond donors (Lipinski definition) is 0. The molecule has 2 heterocycles. The van der Waals surface area contributed by atoms with Gasteiger partial charge in [-0.15, -0.1) is 0 Å². The van der Waals surface area contributed by atoms with Crippen molar-refractivity contribution in [3.8, 4) is 0 Å². The van der Waals surface area contributed by atoms with Gasteiger partial charge in [0, 0.05) is 20.2 Å². The number of ether oxygens (including phenoxy) is 4. The first-order valence-corrected chi connectivity index (χ1v) is 4.30. The van der Waals surface area contributed by atoms with Crippen LogP contribution in [0, 0.1) is 0 Å². The molecule has 2 fully saturated rings. The van der Waals surface area contributed by atoms with E-state index in [2.05, 4.69) is 0 Å². The largest absolute Gasteiger partial charge is 0.381 e. The molecular formula is C8H13BO4. The van der Waals surface area contributed by atoms with Crippen LogP contribution < -0.4 is 0 Å². The van der Waals surface area contributed by atoms with Crippen LogP contribution in [-0.4, -0.2) is 59.1 Å². The molecule has 2 rings (SSSR count). The van der Waals surface area contributed by atoms with Gasteiger partial charge in [-0.05, 0) is 0 Å². The normalized spacial score (nSPS) is 48.6. The maximum Gasteiger partial charge on any atom is 0.143 e.